The molecule has 0 amide bonds. The van der Waals surface area contributed by atoms with Crippen LogP contribution in [0.2, 0.25) is 0 Å². The summed E-state index contributed by atoms with van der Waals surface area (Å²) in [6.07, 6.45) is 5.43. The molecule has 0 aromatic heterocycles. The normalized spacial score (nSPS) is 26.6. The predicted octanol–water partition coefficient (Wildman–Crippen LogP) is 3.87. The number of fused-ring (bicyclic) bond motifs is 1. The fraction of sp³-hybridized carbons (Fsp3) is 0.647. The Labute approximate surface area is 115 Å². The first-order valence-corrected chi connectivity index (χ1v) is 7.52. The number of benzene rings is 1. The average molecular weight is 260 g/mol. The lowest BCUT2D eigenvalue weighted by atomic mass is 9.76. The number of hydrogen-bond acceptors (Lipinski definition) is 2. The number of aliphatic hydroxyl groups is 1. The third kappa shape index (κ3) is 2.38. The SMILES string of the molecule is CC1(C)CCCC1C(O)c1ccc2c(c1)CCCO2. The van der Waals surface area contributed by atoms with Crippen LogP contribution in [0.1, 0.15) is 56.8 Å². The molecule has 104 valence electrons. The van der Waals surface area contributed by atoms with Crippen molar-refractivity contribution in [2.45, 2.75) is 52.1 Å². The molecule has 1 N–H and O–H groups in total. The zero-order chi connectivity index (χ0) is 13.5. The molecule has 0 bridgehead atoms. The quantitative estimate of drug-likeness (QED) is 0.874. The summed E-state index contributed by atoms with van der Waals surface area (Å²) in [5, 5.41) is 10.7. The molecule has 1 heterocycles. The van der Waals surface area contributed by atoms with Gasteiger partial charge in [-0.25, -0.2) is 0 Å². The minimum absolute atomic E-state index is 0.256. The van der Waals surface area contributed by atoms with E-state index in [1.165, 1.54) is 18.4 Å². The first kappa shape index (κ1) is 13.0. The smallest absolute Gasteiger partial charge is 0.122 e. The van der Waals surface area contributed by atoms with Gasteiger partial charge < -0.3 is 9.84 Å². The summed E-state index contributed by atoms with van der Waals surface area (Å²) in [6.45, 7) is 5.40. The average Bonchev–Trinajstić information content (AvgIpc) is 2.77. The highest BCUT2D eigenvalue weighted by molar-refractivity contribution is 5.39. The molecule has 2 heteroatoms. The van der Waals surface area contributed by atoms with Gasteiger partial charge >= 0.3 is 0 Å². The number of aliphatic hydroxyl groups excluding tert-OH is 1. The molecule has 1 fully saturated rings. The van der Waals surface area contributed by atoms with E-state index in [1.54, 1.807) is 0 Å². The second kappa shape index (κ2) is 4.82. The number of aryl methyl sites for hydroxylation is 1. The Kier molecular flexibility index (Phi) is 3.30. The number of ether oxygens (including phenoxy) is 1. The number of hydrogen-bond donors (Lipinski definition) is 1. The topological polar surface area (TPSA) is 29.5 Å². The lowest BCUT2D eigenvalue weighted by Gasteiger charge is -2.32. The van der Waals surface area contributed by atoms with Crippen molar-refractivity contribution in [2.75, 3.05) is 6.61 Å². The van der Waals surface area contributed by atoms with Gasteiger partial charge in [0.15, 0.2) is 0 Å². The third-order valence-electron chi connectivity index (χ3n) is 5.00. The third-order valence-corrected chi connectivity index (χ3v) is 5.00. The van der Waals surface area contributed by atoms with Crippen molar-refractivity contribution < 1.29 is 9.84 Å². The molecule has 0 saturated heterocycles. The van der Waals surface area contributed by atoms with E-state index in [1.807, 2.05) is 12.1 Å². The maximum absolute atomic E-state index is 10.7. The Morgan fingerprint density at radius 2 is 2.16 bits per heavy atom. The van der Waals surface area contributed by atoms with Gasteiger partial charge in [-0.2, -0.15) is 0 Å². The summed E-state index contributed by atoms with van der Waals surface area (Å²) in [7, 11) is 0. The van der Waals surface area contributed by atoms with Gasteiger partial charge in [0.25, 0.3) is 0 Å². The minimum Gasteiger partial charge on any atom is -0.493 e. The van der Waals surface area contributed by atoms with Crippen molar-refractivity contribution >= 4 is 0 Å². The zero-order valence-corrected chi connectivity index (χ0v) is 12.0. The molecule has 0 spiro atoms. The molecule has 0 radical (unpaired) electrons. The first-order valence-electron chi connectivity index (χ1n) is 7.52. The van der Waals surface area contributed by atoms with Gasteiger partial charge in [0.1, 0.15) is 5.75 Å². The minimum atomic E-state index is -0.329. The number of rotatable bonds is 2. The van der Waals surface area contributed by atoms with E-state index in [2.05, 4.69) is 19.9 Å². The fourth-order valence-corrected chi connectivity index (χ4v) is 3.74. The molecule has 2 atom stereocenters. The highest BCUT2D eigenvalue weighted by Gasteiger charge is 2.39. The maximum Gasteiger partial charge on any atom is 0.122 e. The van der Waals surface area contributed by atoms with Crippen molar-refractivity contribution in [3.8, 4) is 5.75 Å². The van der Waals surface area contributed by atoms with E-state index < -0.39 is 0 Å². The molecular formula is C17H24O2. The summed E-state index contributed by atoms with van der Waals surface area (Å²) < 4.78 is 5.64. The molecule has 2 aliphatic rings. The van der Waals surface area contributed by atoms with E-state index >= 15 is 0 Å². The van der Waals surface area contributed by atoms with Crippen molar-refractivity contribution in [1.29, 1.82) is 0 Å². The van der Waals surface area contributed by atoms with Gasteiger partial charge in [0.2, 0.25) is 0 Å². The second-order valence-electron chi connectivity index (χ2n) is 6.75. The molecule has 2 unspecified atom stereocenters. The molecule has 1 aliphatic heterocycles. The van der Waals surface area contributed by atoms with Gasteiger partial charge in [-0.05, 0) is 60.3 Å². The van der Waals surface area contributed by atoms with Gasteiger partial charge in [0.05, 0.1) is 12.7 Å². The van der Waals surface area contributed by atoms with E-state index in [0.717, 1.165) is 37.2 Å². The van der Waals surface area contributed by atoms with E-state index in [4.69, 9.17) is 4.74 Å². The van der Waals surface area contributed by atoms with E-state index in [0.29, 0.717) is 5.92 Å². The highest BCUT2D eigenvalue weighted by Crippen LogP contribution is 2.49. The Balaban J connectivity index is 1.85. The second-order valence-corrected chi connectivity index (χ2v) is 6.75. The first-order chi connectivity index (χ1) is 9.08. The summed E-state index contributed by atoms with van der Waals surface area (Å²) in [6, 6.07) is 6.24. The van der Waals surface area contributed by atoms with Crippen molar-refractivity contribution in [3.05, 3.63) is 29.3 Å². The lowest BCUT2D eigenvalue weighted by Crippen LogP contribution is -2.24. The van der Waals surface area contributed by atoms with Crippen LogP contribution in [0.3, 0.4) is 0 Å². The zero-order valence-electron chi connectivity index (χ0n) is 12.0. The largest absolute Gasteiger partial charge is 0.493 e. The molecular weight excluding hydrogens is 236 g/mol. The molecule has 3 rings (SSSR count). The van der Waals surface area contributed by atoms with Crippen molar-refractivity contribution in [2.24, 2.45) is 11.3 Å². The summed E-state index contributed by atoms with van der Waals surface area (Å²) >= 11 is 0. The van der Waals surface area contributed by atoms with Gasteiger partial charge in [-0.1, -0.05) is 26.3 Å². The van der Waals surface area contributed by atoms with Gasteiger partial charge in [-0.15, -0.1) is 0 Å². The van der Waals surface area contributed by atoms with Crippen molar-refractivity contribution in [3.63, 3.8) is 0 Å². The maximum atomic E-state index is 10.7. The van der Waals surface area contributed by atoms with Crippen LogP contribution in [0, 0.1) is 11.3 Å². The Bertz CT molecular complexity index is 464. The molecule has 1 aromatic rings. The Hall–Kier alpha value is -1.02. The van der Waals surface area contributed by atoms with E-state index in [-0.39, 0.29) is 11.5 Å². The van der Waals surface area contributed by atoms with Crippen LogP contribution < -0.4 is 4.74 Å². The van der Waals surface area contributed by atoms with Crippen LogP contribution in [0.4, 0.5) is 0 Å². The Morgan fingerprint density at radius 3 is 2.89 bits per heavy atom. The van der Waals surface area contributed by atoms with Crippen molar-refractivity contribution in [1.82, 2.24) is 0 Å². The van der Waals surface area contributed by atoms with Crippen LogP contribution in [-0.2, 0) is 6.42 Å². The molecule has 2 nitrogen and oxygen atoms in total. The standard InChI is InChI=1S/C17H24O2/c1-17(2)9-3-6-14(17)16(18)13-7-8-15-12(11-13)5-4-10-19-15/h7-8,11,14,16,18H,3-6,9-10H2,1-2H3. The van der Waals surface area contributed by atoms with Crippen LogP contribution in [0.15, 0.2) is 18.2 Å². The molecule has 1 saturated carbocycles. The summed E-state index contributed by atoms with van der Waals surface area (Å²) in [5.74, 6) is 1.39. The van der Waals surface area contributed by atoms with Gasteiger partial charge in [0, 0.05) is 0 Å². The lowest BCUT2D eigenvalue weighted by molar-refractivity contribution is 0.0530. The van der Waals surface area contributed by atoms with Gasteiger partial charge in [-0.3, -0.25) is 0 Å². The predicted molar refractivity (Wildman–Crippen MR) is 76.3 cm³/mol. The highest BCUT2D eigenvalue weighted by atomic mass is 16.5. The van der Waals surface area contributed by atoms with Crippen LogP contribution in [0.5, 0.6) is 5.75 Å². The van der Waals surface area contributed by atoms with Crippen LogP contribution in [0.25, 0.3) is 0 Å². The molecule has 1 aromatic carbocycles. The summed E-state index contributed by atoms with van der Waals surface area (Å²) in [5.41, 5.74) is 2.59. The molecule has 1 aliphatic carbocycles. The monoisotopic (exact) mass is 260 g/mol. The molecule has 19 heavy (non-hydrogen) atoms. The van der Waals surface area contributed by atoms with E-state index in [9.17, 15) is 5.11 Å². The van der Waals surface area contributed by atoms with Crippen LogP contribution in [-0.4, -0.2) is 11.7 Å². The van der Waals surface area contributed by atoms with Crippen LogP contribution >= 0.6 is 0 Å². The summed E-state index contributed by atoms with van der Waals surface area (Å²) in [4.78, 5) is 0. The Morgan fingerprint density at radius 1 is 1.32 bits per heavy atom. The fourth-order valence-electron chi connectivity index (χ4n) is 3.74.